The number of fused-ring (bicyclic) bond motifs is 2. The maximum absolute atomic E-state index is 14.4. The van der Waals surface area contributed by atoms with Crippen LogP contribution in [-0.4, -0.2) is 93.1 Å². The van der Waals surface area contributed by atoms with Crippen molar-refractivity contribution in [2.75, 3.05) is 32.2 Å². The highest BCUT2D eigenvalue weighted by Crippen LogP contribution is 2.48. The minimum absolute atomic E-state index is 0.0408. The van der Waals surface area contributed by atoms with Gasteiger partial charge in [-0.05, 0) is 110 Å². The minimum atomic E-state index is -0.725. The van der Waals surface area contributed by atoms with Crippen molar-refractivity contribution in [3.63, 3.8) is 0 Å². The Bertz CT molecular complexity index is 2300. The number of imidazole rings is 2. The zero-order valence-corrected chi connectivity index (χ0v) is 36.1. The van der Waals surface area contributed by atoms with Crippen LogP contribution in [0.2, 0.25) is 0 Å². The highest BCUT2D eigenvalue weighted by Gasteiger charge is 2.40. The normalized spacial score (nSPS) is 21.3. The fourth-order valence-electron chi connectivity index (χ4n) is 9.65. The van der Waals surface area contributed by atoms with Crippen LogP contribution in [0, 0.1) is 17.7 Å². The molecule has 328 valence electrons. The number of hydrogen-bond acceptors (Lipinski definition) is 9. The van der Waals surface area contributed by atoms with E-state index in [0.29, 0.717) is 24.7 Å². The van der Waals surface area contributed by atoms with Crippen LogP contribution < -0.4 is 15.5 Å². The molecule has 5 heterocycles. The van der Waals surface area contributed by atoms with Crippen molar-refractivity contribution in [2.24, 2.45) is 11.8 Å². The maximum Gasteiger partial charge on any atom is 0.407 e. The second kappa shape index (κ2) is 17.7. The molecule has 3 aliphatic rings. The molecule has 3 aliphatic heterocycles. The molecule has 1 unspecified atom stereocenters. The van der Waals surface area contributed by atoms with Crippen LogP contribution >= 0.6 is 0 Å². The first kappa shape index (κ1) is 42.5. The molecule has 5 aromatic rings. The molecule has 15 nitrogen and oxygen atoms in total. The number of carbonyl (C=O) groups excluding carboxylic acids is 4. The van der Waals surface area contributed by atoms with Gasteiger partial charge in [0, 0.05) is 18.8 Å². The van der Waals surface area contributed by atoms with E-state index in [0.717, 1.165) is 77.4 Å². The molecule has 3 aromatic carbocycles. The molecule has 62 heavy (non-hydrogen) atoms. The zero-order chi connectivity index (χ0) is 43.8. The van der Waals surface area contributed by atoms with Gasteiger partial charge in [0.1, 0.15) is 29.5 Å². The number of likely N-dealkylation sites (tertiary alicyclic amines) is 2. The van der Waals surface area contributed by atoms with Gasteiger partial charge in [0.15, 0.2) is 0 Å². The van der Waals surface area contributed by atoms with Crippen LogP contribution in [0.15, 0.2) is 60.7 Å². The van der Waals surface area contributed by atoms with Crippen molar-refractivity contribution in [1.29, 1.82) is 0 Å². The number of anilines is 1. The molecule has 0 aliphatic carbocycles. The molecule has 3 saturated heterocycles. The predicted octanol–water partition coefficient (Wildman–Crippen LogP) is 7.75. The highest BCUT2D eigenvalue weighted by molar-refractivity contribution is 5.87. The van der Waals surface area contributed by atoms with Crippen molar-refractivity contribution in [3.05, 3.63) is 89.3 Å². The average Bonchev–Trinajstić information content (AvgIpc) is 4.12. The molecule has 3 fully saturated rings. The summed E-state index contributed by atoms with van der Waals surface area (Å²) in [5.41, 5.74) is 6.37. The Balaban J connectivity index is 1.06. The lowest BCUT2D eigenvalue weighted by Crippen LogP contribution is -2.51. The van der Waals surface area contributed by atoms with E-state index in [1.165, 1.54) is 26.4 Å². The van der Waals surface area contributed by atoms with E-state index in [-0.39, 0.29) is 53.6 Å². The van der Waals surface area contributed by atoms with Crippen molar-refractivity contribution in [3.8, 4) is 0 Å². The lowest BCUT2D eigenvalue weighted by molar-refractivity contribution is -0.136. The minimum Gasteiger partial charge on any atom is -0.453 e. The number of aromatic nitrogens is 4. The molecule has 4 amide bonds. The van der Waals surface area contributed by atoms with Crippen LogP contribution in [0.25, 0.3) is 22.1 Å². The quantitative estimate of drug-likeness (QED) is 0.104. The summed E-state index contributed by atoms with van der Waals surface area (Å²) in [5.74, 6) is 0.509. The molecule has 0 saturated carbocycles. The smallest absolute Gasteiger partial charge is 0.407 e. The van der Waals surface area contributed by atoms with Crippen LogP contribution in [-0.2, 0) is 19.1 Å². The summed E-state index contributed by atoms with van der Waals surface area (Å²) in [5, 5.41) is 5.43. The second-order valence-electron chi connectivity index (χ2n) is 17.4. The second-order valence-corrected chi connectivity index (χ2v) is 17.4. The molecule has 0 spiro atoms. The summed E-state index contributed by atoms with van der Waals surface area (Å²) in [6.07, 6.45) is 3.52. The van der Waals surface area contributed by atoms with Gasteiger partial charge >= 0.3 is 12.2 Å². The summed E-state index contributed by atoms with van der Waals surface area (Å²) in [4.78, 5) is 74.8. The van der Waals surface area contributed by atoms with Crippen LogP contribution in [0.4, 0.5) is 19.7 Å². The lowest BCUT2D eigenvalue weighted by Gasteiger charge is -2.33. The standard InChI is InChI=1S/C46H56FN9O6/c1-25(2)39(52-45(59)61-5)43(57)54-21-7-9-37(54)41-48-31-17-11-27(23-33(31)50-41)35-19-20-36(56(35)30-15-13-29(47)14-16-30)28-12-18-32-34(24-28)51-42(49-32)38-10-8-22-55(38)44(58)40(26(3)4)53-46(60)62-6/h11-18,23-26,35-40H,7-10,19-22H2,1-6H3,(H,48,50)(H,49,51)(H,52,59)(H,53,60)/t35-,36-,37+,38?,39+,40+/m1/s1. The van der Waals surface area contributed by atoms with Crippen molar-refractivity contribution < 1.29 is 33.0 Å². The Morgan fingerprint density at radius 2 is 1.08 bits per heavy atom. The number of hydrogen-bond donors (Lipinski definition) is 4. The Morgan fingerprint density at radius 3 is 1.48 bits per heavy atom. The van der Waals surface area contributed by atoms with E-state index in [1.807, 2.05) is 61.8 Å². The topological polar surface area (TPSA) is 178 Å². The third-order valence-electron chi connectivity index (χ3n) is 12.8. The van der Waals surface area contributed by atoms with Gasteiger partial charge in [0.05, 0.1) is 60.5 Å². The first-order valence-electron chi connectivity index (χ1n) is 21.7. The van der Waals surface area contributed by atoms with E-state index >= 15 is 0 Å². The Morgan fingerprint density at radius 1 is 0.645 bits per heavy atom. The monoisotopic (exact) mass is 849 g/mol. The first-order chi connectivity index (χ1) is 29.8. The van der Waals surface area contributed by atoms with Crippen molar-refractivity contribution >= 4 is 51.8 Å². The molecule has 0 radical (unpaired) electrons. The number of aromatic amines is 2. The molecule has 0 bridgehead atoms. The molecular weight excluding hydrogens is 794 g/mol. The zero-order valence-electron chi connectivity index (χ0n) is 36.1. The number of ether oxygens (including phenoxy) is 2. The van der Waals surface area contributed by atoms with Gasteiger partial charge in [-0.1, -0.05) is 39.8 Å². The Labute approximate surface area is 360 Å². The Hall–Kier alpha value is -6.19. The van der Waals surface area contributed by atoms with Gasteiger partial charge in [-0.15, -0.1) is 0 Å². The number of H-pyrrole nitrogens is 2. The third kappa shape index (κ3) is 8.26. The van der Waals surface area contributed by atoms with Crippen LogP contribution in [0.1, 0.15) is 113 Å². The van der Waals surface area contributed by atoms with E-state index in [2.05, 4.69) is 49.8 Å². The number of amides is 4. The van der Waals surface area contributed by atoms with Gasteiger partial charge < -0.3 is 44.8 Å². The van der Waals surface area contributed by atoms with Crippen molar-refractivity contribution in [2.45, 2.75) is 102 Å². The van der Waals surface area contributed by atoms with Gasteiger partial charge in [-0.25, -0.2) is 23.9 Å². The van der Waals surface area contributed by atoms with Gasteiger partial charge in [0.25, 0.3) is 0 Å². The Kier molecular flexibility index (Phi) is 12.1. The number of nitrogens with one attached hydrogen (secondary N) is 4. The first-order valence-corrected chi connectivity index (χ1v) is 21.7. The number of halogens is 1. The van der Waals surface area contributed by atoms with E-state index < -0.39 is 24.3 Å². The third-order valence-corrected chi connectivity index (χ3v) is 12.8. The summed E-state index contributed by atoms with van der Waals surface area (Å²) >= 11 is 0. The van der Waals surface area contributed by atoms with Gasteiger partial charge in [-0.2, -0.15) is 0 Å². The molecule has 4 N–H and O–H groups in total. The summed E-state index contributed by atoms with van der Waals surface area (Å²) in [7, 11) is 2.57. The molecule has 6 atom stereocenters. The largest absolute Gasteiger partial charge is 0.453 e. The van der Waals surface area contributed by atoms with Crippen molar-refractivity contribution in [1.82, 2.24) is 40.4 Å². The predicted molar refractivity (Wildman–Crippen MR) is 231 cm³/mol. The fourth-order valence-corrected chi connectivity index (χ4v) is 9.65. The number of methoxy groups -OCH3 is 2. The fraction of sp³-hybridized carbons (Fsp3) is 0.478. The summed E-state index contributed by atoms with van der Waals surface area (Å²) < 4.78 is 24.0. The molecule has 2 aromatic heterocycles. The van der Waals surface area contributed by atoms with E-state index in [9.17, 15) is 23.6 Å². The average molecular weight is 850 g/mol. The molecular formula is C46H56FN9O6. The number of carbonyl (C=O) groups is 4. The number of benzene rings is 3. The molecule has 8 rings (SSSR count). The maximum atomic E-state index is 14.4. The highest BCUT2D eigenvalue weighted by atomic mass is 19.1. The van der Waals surface area contributed by atoms with Crippen LogP contribution in [0.5, 0.6) is 0 Å². The summed E-state index contributed by atoms with van der Waals surface area (Å²) in [6.45, 7) is 8.71. The number of nitrogens with zero attached hydrogens (tertiary/aromatic N) is 5. The van der Waals surface area contributed by atoms with Gasteiger partial charge in [0.2, 0.25) is 11.8 Å². The number of alkyl carbamates (subject to hydrolysis) is 2. The van der Waals surface area contributed by atoms with E-state index in [1.54, 1.807) is 0 Å². The SMILES string of the molecule is COC(=O)N[C@H](C(=O)N1CCCC1c1nc2ccc([C@H]3CC[C@H](c4ccc5nc([C@@H]6CCCN6C(=O)[C@@H](NC(=O)OC)C(C)C)[nH]c5c4)N3c3ccc(F)cc3)cc2[nH]1)C(C)C. The summed E-state index contributed by atoms with van der Waals surface area (Å²) in [6, 6.07) is 17.1. The molecule has 16 heteroatoms. The van der Waals surface area contributed by atoms with E-state index in [4.69, 9.17) is 19.4 Å². The number of rotatable bonds is 11. The van der Waals surface area contributed by atoms with Crippen LogP contribution in [0.3, 0.4) is 0 Å². The van der Waals surface area contributed by atoms with Gasteiger partial charge in [-0.3, -0.25) is 9.59 Å². The lowest BCUT2D eigenvalue weighted by atomic mass is 10.0.